The van der Waals surface area contributed by atoms with E-state index in [0.29, 0.717) is 0 Å². The Hall–Kier alpha value is -5.74. The highest BCUT2D eigenvalue weighted by Crippen LogP contribution is 2.52. The molecule has 1 aliphatic rings. The molecule has 1 nitrogen and oxygen atoms in total. The fourth-order valence-corrected chi connectivity index (χ4v) is 9.84. The van der Waals surface area contributed by atoms with Crippen molar-refractivity contribution in [2.45, 2.75) is 19.6 Å². The molecule has 0 amide bonds. The van der Waals surface area contributed by atoms with Crippen molar-refractivity contribution < 1.29 is 0 Å². The maximum atomic E-state index is 2.45. The Kier molecular flexibility index (Phi) is 7.41. The summed E-state index contributed by atoms with van der Waals surface area (Å²) >= 11 is 3.74. The molecule has 240 valence electrons. The Labute approximate surface area is 306 Å². The summed E-state index contributed by atoms with van der Waals surface area (Å²) in [5.74, 6) is 0. The monoisotopic (exact) mass is 685 g/mol. The highest BCUT2D eigenvalue weighted by Gasteiger charge is 2.24. The summed E-state index contributed by atoms with van der Waals surface area (Å²) in [6.45, 7) is 0. The van der Waals surface area contributed by atoms with Crippen LogP contribution < -0.4 is 0 Å². The lowest BCUT2D eigenvalue weighted by molar-refractivity contribution is 1.18. The van der Waals surface area contributed by atoms with E-state index in [-0.39, 0.29) is 0 Å². The van der Waals surface area contributed by atoms with Crippen LogP contribution in [0, 0.1) is 0 Å². The van der Waals surface area contributed by atoms with Crippen LogP contribution in [0.1, 0.15) is 0 Å². The van der Waals surface area contributed by atoms with Crippen LogP contribution in [0.2, 0.25) is 0 Å². The average Bonchev–Trinajstić information content (AvgIpc) is 3.54. The largest absolute Gasteiger partial charge is 0.309 e. The molecule has 0 fully saturated rings. The van der Waals surface area contributed by atoms with E-state index in [0.717, 1.165) is 5.69 Å². The number of benzene rings is 8. The molecule has 0 N–H and O–H groups in total. The summed E-state index contributed by atoms with van der Waals surface area (Å²) in [7, 11) is 0. The smallest absolute Gasteiger partial charge is 0.0619 e. The SMILES string of the molecule is c1ccc(-c2ccc3c(c2)-c2c(cccc2-c2cccc4c5ccccc5n(-c5ccccc5)c24)Sc2ccccc2-c2ccccc2S3)cc1. The summed E-state index contributed by atoms with van der Waals surface area (Å²) in [6, 6.07) is 68.8. The quantitative estimate of drug-likeness (QED) is 0.182. The zero-order valence-corrected chi connectivity index (χ0v) is 29.3. The normalized spacial score (nSPS) is 12.2. The van der Waals surface area contributed by atoms with Crippen molar-refractivity contribution in [1.29, 1.82) is 0 Å². The van der Waals surface area contributed by atoms with Gasteiger partial charge in [0, 0.05) is 47.2 Å². The Balaban J connectivity index is 1.32. The summed E-state index contributed by atoms with van der Waals surface area (Å²) < 4.78 is 2.45. The second-order valence-corrected chi connectivity index (χ2v) is 15.0. The molecule has 9 aromatic rings. The maximum Gasteiger partial charge on any atom is 0.0619 e. The fourth-order valence-electron chi connectivity index (χ4n) is 7.62. The third kappa shape index (κ3) is 5.12. The number of hydrogen-bond donors (Lipinski definition) is 0. The van der Waals surface area contributed by atoms with Crippen molar-refractivity contribution in [1.82, 2.24) is 4.57 Å². The van der Waals surface area contributed by atoms with E-state index in [4.69, 9.17) is 0 Å². The second kappa shape index (κ2) is 12.5. The minimum atomic E-state index is 1.16. The van der Waals surface area contributed by atoms with Crippen LogP contribution in [0.5, 0.6) is 0 Å². The number of para-hydroxylation sites is 3. The lowest BCUT2D eigenvalue weighted by Gasteiger charge is -2.23. The molecule has 3 heteroatoms. The molecule has 0 aliphatic carbocycles. The minimum absolute atomic E-state index is 1.16. The van der Waals surface area contributed by atoms with Gasteiger partial charge in [-0.1, -0.05) is 163 Å². The van der Waals surface area contributed by atoms with E-state index in [1.165, 1.54) is 85.9 Å². The molecule has 8 aromatic carbocycles. The first kappa shape index (κ1) is 30.1. The summed E-state index contributed by atoms with van der Waals surface area (Å²) in [4.78, 5) is 4.99. The van der Waals surface area contributed by atoms with Gasteiger partial charge in [0.2, 0.25) is 0 Å². The van der Waals surface area contributed by atoms with Gasteiger partial charge in [0.1, 0.15) is 0 Å². The first-order valence-electron chi connectivity index (χ1n) is 17.3. The first-order valence-corrected chi connectivity index (χ1v) is 18.9. The minimum Gasteiger partial charge on any atom is -0.309 e. The van der Waals surface area contributed by atoms with Crippen LogP contribution in [0.4, 0.5) is 0 Å². The number of aromatic nitrogens is 1. The molecule has 10 rings (SSSR count). The van der Waals surface area contributed by atoms with Crippen molar-refractivity contribution in [2.75, 3.05) is 0 Å². The van der Waals surface area contributed by atoms with Crippen molar-refractivity contribution in [3.63, 3.8) is 0 Å². The van der Waals surface area contributed by atoms with Gasteiger partial charge in [0.05, 0.1) is 11.0 Å². The molecule has 0 unspecified atom stereocenters. The highest BCUT2D eigenvalue weighted by atomic mass is 32.2. The lowest BCUT2D eigenvalue weighted by Crippen LogP contribution is -1.98. The van der Waals surface area contributed by atoms with Gasteiger partial charge >= 0.3 is 0 Å². The molecule has 0 saturated carbocycles. The van der Waals surface area contributed by atoms with E-state index in [1.54, 1.807) is 0 Å². The van der Waals surface area contributed by atoms with Gasteiger partial charge < -0.3 is 4.57 Å². The molecule has 0 radical (unpaired) electrons. The van der Waals surface area contributed by atoms with E-state index in [1.807, 2.05) is 23.5 Å². The summed E-state index contributed by atoms with van der Waals surface area (Å²) in [6.07, 6.45) is 0. The van der Waals surface area contributed by atoms with E-state index < -0.39 is 0 Å². The van der Waals surface area contributed by atoms with Crippen molar-refractivity contribution in [2.24, 2.45) is 0 Å². The third-order valence-electron chi connectivity index (χ3n) is 9.89. The number of rotatable bonds is 3. The number of nitrogens with zero attached hydrogens (tertiary/aromatic N) is 1. The zero-order valence-electron chi connectivity index (χ0n) is 27.7. The fraction of sp³-hybridized carbons (Fsp3) is 0. The molecule has 1 aromatic heterocycles. The van der Waals surface area contributed by atoms with Crippen LogP contribution in [0.25, 0.3) is 72.0 Å². The Morgan fingerprint density at radius 1 is 0.333 bits per heavy atom. The second-order valence-electron chi connectivity index (χ2n) is 12.8. The van der Waals surface area contributed by atoms with E-state index in [9.17, 15) is 0 Å². The summed E-state index contributed by atoms with van der Waals surface area (Å²) in [5, 5.41) is 2.51. The van der Waals surface area contributed by atoms with E-state index >= 15 is 0 Å². The Bertz CT molecular complexity index is 2740. The topological polar surface area (TPSA) is 4.93 Å². The molecule has 0 spiro atoms. The van der Waals surface area contributed by atoms with Gasteiger partial charge in [-0.15, -0.1) is 0 Å². The van der Waals surface area contributed by atoms with Crippen molar-refractivity contribution >= 4 is 45.3 Å². The molecule has 1 aliphatic heterocycles. The predicted octanol–water partition coefficient (Wildman–Crippen LogP) is 14.1. The Morgan fingerprint density at radius 2 is 0.882 bits per heavy atom. The molecule has 0 atom stereocenters. The summed E-state index contributed by atoms with van der Waals surface area (Å²) in [5.41, 5.74) is 13.5. The van der Waals surface area contributed by atoms with Crippen LogP contribution in [-0.4, -0.2) is 4.57 Å². The third-order valence-corrected chi connectivity index (χ3v) is 12.2. The standard InChI is InChI=1S/C48H31NS2/c1-3-15-32(16-4-1)33-29-30-45-41(31-33)47-38(22-14-28-46(47)51-44-27-12-9-21-37(44)36-20-8-11-26-43(36)50-45)40-24-13-23-39-35-19-7-10-25-42(35)49(48(39)40)34-17-5-2-6-18-34/h1-31H. The van der Waals surface area contributed by atoms with Gasteiger partial charge in [0.25, 0.3) is 0 Å². The number of hydrogen-bond acceptors (Lipinski definition) is 2. The van der Waals surface area contributed by atoms with Gasteiger partial charge in [0.15, 0.2) is 0 Å². The molecular weight excluding hydrogens is 655 g/mol. The zero-order chi connectivity index (χ0) is 33.7. The van der Waals surface area contributed by atoms with Gasteiger partial charge in [-0.3, -0.25) is 0 Å². The molecule has 0 bridgehead atoms. The first-order chi connectivity index (χ1) is 25.3. The molecule has 2 heterocycles. The van der Waals surface area contributed by atoms with Gasteiger partial charge in [-0.05, 0) is 81.9 Å². The van der Waals surface area contributed by atoms with Gasteiger partial charge in [-0.2, -0.15) is 0 Å². The van der Waals surface area contributed by atoms with Crippen LogP contribution >= 0.6 is 23.5 Å². The number of fused-ring (bicyclic) bond motifs is 9. The predicted molar refractivity (Wildman–Crippen MR) is 217 cm³/mol. The lowest BCUT2D eigenvalue weighted by atomic mass is 9.91. The van der Waals surface area contributed by atoms with Crippen LogP contribution in [-0.2, 0) is 0 Å². The van der Waals surface area contributed by atoms with E-state index in [2.05, 4.69) is 193 Å². The maximum absolute atomic E-state index is 2.45. The molecule has 51 heavy (non-hydrogen) atoms. The van der Waals surface area contributed by atoms with Crippen molar-refractivity contribution in [3.8, 4) is 50.2 Å². The average molecular weight is 686 g/mol. The molecule has 0 saturated heterocycles. The van der Waals surface area contributed by atoms with Crippen LogP contribution in [0.15, 0.2) is 208 Å². The molecular formula is C48H31NS2. The van der Waals surface area contributed by atoms with Crippen molar-refractivity contribution in [3.05, 3.63) is 188 Å². The van der Waals surface area contributed by atoms with Gasteiger partial charge in [-0.25, -0.2) is 0 Å². The Morgan fingerprint density at radius 3 is 1.67 bits per heavy atom. The highest BCUT2D eigenvalue weighted by molar-refractivity contribution is 8.00. The van der Waals surface area contributed by atoms with Crippen LogP contribution in [0.3, 0.4) is 0 Å².